The Morgan fingerprint density at radius 3 is 3.00 bits per heavy atom. The van der Waals surface area contributed by atoms with E-state index in [9.17, 15) is 9.18 Å². The van der Waals surface area contributed by atoms with Crippen LogP contribution in [-0.4, -0.2) is 23.0 Å². The maximum Gasteiger partial charge on any atom is 0.340 e. The summed E-state index contributed by atoms with van der Waals surface area (Å²) in [7, 11) is 1.27. The van der Waals surface area contributed by atoms with Crippen LogP contribution in [0.1, 0.15) is 10.4 Å². The third-order valence-corrected chi connectivity index (χ3v) is 2.35. The molecule has 0 radical (unpaired) electrons. The molecule has 78 valence electrons. The van der Waals surface area contributed by atoms with Gasteiger partial charge in [-0.25, -0.2) is 14.2 Å². The van der Waals surface area contributed by atoms with Gasteiger partial charge >= 0.3 is 5.97 Å². The molecule has 2 rings (SSSR count). The Morgan fingerprint density at radius 2 is 2.33 bits per heavy atom. The maximum atomic E-state index is 13.3. The Morgan fingerprint density at radius 1 is 1.60 bits per heavy atom. The molecular weight excluding hydrogens is 267 g/mol. The molecule has 0 unspecified atom stereocenters. The molecule has 2 aromatic rings. The van der Waals surface area contributed by atoms with Crippen LogP contribution in [-0.2, 0) is 4.74 Å². The van der Waals surface area contributed by atoms with Crippen molar-refractivity contribution in [2.75, 3.05) is 7.11 Å². The number of aromatic amines is 1. The van der Waals surface area contributed by atoms with Gasteiger partial charge in [-0.3, -0.25) is 0 Å². The van der Waals surface area contributed by atoms with Gasteiger partial charge in [0.25, 0.3) is 0 Å². The van der Waals surface area contributed by atoms with E-state index in [2.05, 4.69) is 30.6 Å². The molecule has 0 bridgehead atoms. The predicted octanol–water partition coefficient (Wildman–Crippen LogP) is 2.25. The first-order valence-electron chi connectivity index (χ1n) is 4.05. The zero-order chi connectivity index (χ0) is 11.0. The number of hydrogen-bond acceptors (Lipinski definition) is 3. The van der Waals surface area contributed by atoms with Crippen LogP contribution in [0.3, 0.4) is 0 Å². The summed E-state index contributed by atoms with van der Waals surface area (Å²) in [4.78, 5) is 18.0. The quantitative estimate of drug-likeness (QED) is 0.811. The number of esters is 1. The number of benzene rings is 1. The average molecular weight is 273 g/mol. The number of rotatable bonds is 1. The van der Waals surface area contributed by atoms with Gasteiger partial charge in [0, 0.05) is 0 Å². The van der Waals surface area contributed by atoms with Gasteiger partial charge in [0.2, 0.25) is 0 Å². The number of halogens is 2. The van der Waals surface area contributed by atoms with Gasteiger partial charge in [0.15, 0.2) is 10.6 Å². The van der Waals surface area contributed by atoms with Crippen molar-refractivity contribution in [1.82, 2.24) is 9.97 Å². The summed E-state index contributed by atoms with van der Waals surface area (Å²) in [5, 5.41) is 0. The second-order valence-corrected chi connectivity index (χ2v) is 3.59. The van der Waals surface area contributed by atoms with Crippen molar-refractivity contribution >= 4 is 32.9 Å². The molecule has 0 spiro atoms. The zero-order valence-electron chi connectivity index (χ0n) is 7.67. The molecule has 1 aromatic carbocycles. The van der Waals surface area contributed by atoms with Crippen molar-refractivity contribution in [3.05, 3.63) is 28.2 Å². The molecule has 0 saturated heterocycles. The van der Waals surface area contributed by atoms with Gasteiger partial charge in [-0.15, -0.1) is 0 Å². The van der Waals surface area contributed by atoms with Crippen LogP contribution >= 0.6 is 15.9 Å². The van der Waals surface area contributed by atoms with Gasteiger partial charge in [0.05, 0.1) is 18.2 Å². The molecule has 0 atom stereocenters. The van der Waals surface area contributed by atoms with Crippen LogP contribution in [0.4, 0.5) is 4.39 Å². The van der Waals surface area contributed by atoms with E-state index >= 15 is 0 Å². The third kappa shape index (κ3) is 1.61. The van der Waals surface area contributed by atoms with Crippen LogP contribution in [0.5, 0.6) is 0 Å². The number of aromatic nitrogens is 2. The molecule has 15 heavy (non-hydrogen) atoms. The van der Waals surface area contributed by atoms with Crippen molar-refractivity contribution in [3.63, 3.8) is 0 Å². The van der Waals surface area contributed by atoms with E-state index in [1.165, 1.54) is 19.2 Å². The highest BCUT2D eigenvalue weighted by atomic mass is 79.9. The molecule has 0 amide bonds. The molecule has 1 aromatic heterocycles. The summed E-state index contributed by atoms with van der Waals surface area (Å²) in [6.07, 6.45) is 0. The highest BCUT2D eigenvalue weighted by molar-refractivity contribution is 9.10. The Balaban J connectivity index is 2.76. The van der Waals surface area contributed by atoms with E-state index in [0.717, 1.165) is 0 Å². The molecule has 0 aliphatic rings. The Bertz CT molecular complexity index is 538. The van der Waals surface area contributed by atoms with E-state index < -0.39 is 11.8 Å². The predicted molar refractivity (Wildman–Crippen MR) is 55.1 cm³/mol. The molecule has 6 heteroatoms. The number of carbonyl (C=O) groups is 1. The first-order chi connectivity index (χ1) is 7.13. The van der Waals surface area contributed by atoms with Gasteiger partial charge in [-0.2, -0.15) is 0 Å². The summed E-state index contributed by atoms with van der Waals surface area (Å²) < 4.78 is 18.2. The maximum absolute atomic E-state index is 13.3. The second-order valence-electron chi connectivity index (χ2n) is 2.84. The third-order valence-electron chi connectivity index (χ3n) is 1.97. The first-order valence-corrected chi connectivity index (χ1v) is 4.85. The molecule has 0 aliphatic carbocycles. The summed E-state index contributed by atoms with van der Waals surface area (Å²) in [5.74, 6) is -1.02. The number of methoxy groups -OCH3 is 1. The van der Waals surface area contributed by atoms with E-state index in [1.807, 2.05) is 0 Å². The summed E-state index contributed by atoms with van der Waals surface area (Å²) in [6, 6.07) is 2.54. The van der Waals surface area contributed by atoms with Crippen molar-refractivity contribution in [3.8, 4) is 0 Å². The van der Waals surface area contributed by atoms with Crippen molar-refractivity contribution in [2.24, 2.45) is 0 Å². The number of nitrogens with zero attached hydrogens (tertiary/aromatic N) is 1. The lowest BCUT2D eigenvalue weighted by molar-refractivity contribution is 0.0603. The number of ether oxygens (including phenoxy) is 1. The largest absolute Gasteiger partial charge is 0.465 e. The molecular formula is C9H6BrFN2O2. The Kier molecular flexibility index (Phi) is 2.44. The normalized spacial score (nSPS) is 10.6. The van der Waals surface area contributed by atoms with Crippen LogP contribution in [0.15, 0.2) is 16.9 Å². The van der Waals surface area contributed by atoms with Gasteiger partial charge in [-0.1, -0.05) is 0 Å². The lowest BCUT2D eigenvalue weighted by Gasteiger charge is -2.00. The molecule has 0 fully saturated rings. The molecule has 4 nitrogen and oxygen atoms in total. The van der Waals surface area contributed by atoms with Gasteiger partial charge < -0.3 is 9.72 Å². The summed E-state index contributed by atoms with van der Waals surface area (Å²) >= 11 is 3.08. The van der Waals surface area contributed by atoms with Crippen molar-refractivity contribution in [2.45, 2.75) is 0 Å². The smallest absolute Gasteiger partial charge is 0.340 e. The minimum atomic E-state index is -0.531. The first kappa shape index (κ1) is 10.1. The number of nitrogens with one attached hydrogen (secondary N) is 1. The fourth-order valence-corrected chi connectivity index (χ4v) is 1.69. The minimum absolute atomic E-state index is 0.116. The van der Waals surface area contributed by atoms with E-state index in [1.54, 1.807) is 0 Å². The number of fused-ring (bicyclic) bond motifs is 1. The van der Waals surface area contributed by atoms with Gasteiger partial charge in [-0.05, 0) is 28.1 Å². The van der Waals surface area contributed by atoms with E-state index in [-0.39, 0.29) is 11.1 Å². The fourth-order valence-electron chi connectivity index (χ4n) is 1.31. The second kappa shape index (κ2) is 3.62. The summed E-state index contributed by atoms with van der Waals surface area (Å²) in [6.45, 7) is 0. The lowest BCUT2D eigenvalue weighted by atomic mass is 10.2. The van der Waals surface area contributed by atoms with Gasteiger partial charge in [0.1, 0.15) is 5.52 Å². The van der Waals surface area contributed by atoms with Crippen LogP contribution in [0.25, 0.3) is 11.0 Å². The highest BCUT2D eigenvalue weighted by Crippen LogP contribution is 2.22. The van der Waals surface area contributed by atoms with Crippen molar-refractivity contribution < 1.29 is 13.9 Å². The van der Waals surface area contributed by atoms with E-state index in [0.29, 0.717) is 10.3 Å². The monoisotopic (exact) mass is 272 g/mol. The van der Waals surface area contributed by atoms with Crippen LogP contribution in [0, 0.1) is 5.82 Å². The Labute approximate surface area is 92.6 Å². The average Bonchev–Trinajstić information content (AvgIpc) is 2.60. The lowest BCUT2D eigenvalue weighted by Crippen LogP contribution is -2.02. The topological polar surface area (TPSA) is 55.0 Å². The fraction of sp³-hybridized carbons (Fsp3) is 0.111. The molecule has 0 saturated carbocycles. The summed E-state index contributed by atoms with van der Waals surface area (Å²) in [5.41, 5.74) is 0.700. The highest BCUT2D eigenvalue weighted by Gasteiger charge is 2.16. The van der Waals surface area contributed by atoms with Crippen LogP contribution < -0.4 is 0 Å². The molecule has 1 heterocycles. The van der Waals surface area contributed by atoms with E-state index in [4.69, 9.17) is 0 Å². The van der Waals surface area contributed by atoms with Crippen LogP contribution in [0.2, 0.25) is 0 Å². The minimum Gasteiger partial charge on any atom is -0.465 e. The SMILES string of the molecule is COC(=O)c1ccc(F)c2nc(Br)[nH]c12. The zero-order valence-corrected chi connectivity index (χ0v) is 9.26. The molecule has 0 aliphatic heterocycles. The standard InChI is InChI=1S/C9H6BrFN2O2/c1-15-8(14)4-2-3-5(11)7-6(4)12-9(10)13-7/h2-3H,1H3,(H,12,13). The number of carbonyl (C=O) groups excluding carboxylic acids is 1. The molecule has 1 N–H and O–H groups in total. The Hall–Kier alpha value is -1.43. The number of H-pyrrole nitrogens is 1. The number of imidazole rings is 1. The van der Waals surface area contributed by atoms with Crippen molar-refractivity contribution in [1.29, 1.82) is 0 Å². The number of hydrogen-bond donors (Lipinski definition) is 1.